The van der Waals surface area contributed by atoms with Crippen LogP contribution >= 0.6 is 11.6 Å². The van der Waals surface area contributed by atoms with Gasteiger partial charge in [-0.05, 0) is 18.2 Å². The highest BCUT2D eigenvalue weighted by Crippen LogP contribution is 2.28. The Bertz CT molecular complexity index is 703. The van der Waals surface area contributed by atoms with Crippen molar-refractivity contribution in [2.45, 2.75) is 0 Å². The van der Waals surface area contributed by atoms with Crippen molar-refractivity contribution >= 4 is 23.3 Å². The van der Waals surface area contributed by atoms with Gasteiger partial charge in [0.2, 0.25) is 0 Å². The number of benzene rings is 1. The number of nitrogen functional groups attached to an aromatic ring is 1. The number of ether oxygens (including phenoxy) is 1. The second-order valence-electron chi connectivity index (χ2n) is 3.97. The molecule has 1 aromatic heterocycles. The summed E-state index contributed by atoms with van der Waals surface area (Å²) in [6, 6.07) is 8.75. The van der Waals surface area contributed by atoms with Crippen molar-refractivity contribution in [3.05, 3.63) is 46.6 Å². The minimum atomic E-state index is -0.635. The summed E-state index contributed by atoms with van der Waals surface area (Å²) >= 11 is 5.96. The molecule has 100 valence electrons. The van der Waals surface area contributed by atoms with Crippen molar-refractivity contribution in [3.8, 4) is 23.6 Å². The Hall–Kier alpha value is -2.51. The first-order chi connectivity index (χ1) is 9.56. The molecule has 2 aromatic rings. The zero-order valence-corrected chi connectivity index (χ0v) is 11.4. The van der Waals surface area contributed by atoms with Crippen LogP contribution in [0.5, 0.6) is 0 Å². The van der Waals surface area contributed by atoms with E-state index in [2.05, 4.69) is 15.6 Å². The normalized spacial score (nSPS) is 9.85. The van der Waals surface area contributed by atoms with Crippen LogP contribution in [0.15, 0.2) is 30.3 Å². The minimum absolute atomic E-state index is 0.00908. The lowest BCUT2D eigenvalue weighted by atomic mass is 10.1. The summed E-state index contributed by atoms with van der Waals surface area (Å²) in [6.07, 6.45) is 5.30. The molecule has 5 heteroatoms. The largest absolute Gasteiger partial charge is 0.464 e. The van der Waals surface area contributed by atoms with E-state index in [0.717, 1.165) is 11.1 Å². The van der Waals surface area contributed by atoms with E-state index >= 15 is 0 Å². The summed E-state index contributed by atoms with van der Waals surface area (Å²) < 4.78 is 4.63. The summed E-state index contributed by atoms with van der Waals surface area (Å²) in [5.74, 6) is 1.89. The molecule has 0 bridgehead atoms. The highest BCUT2D eigenvalue weighted by atomic mass is 35.5. The Morgan fingerprint density at radius 1 is 1.40 bits per heavy atom. The van der Waals surface area contributed by atoms with Crippen molar-refractivity contribution in [2.75, 3.05) is 12.8 Å². The van der Waals surface area contributed by atoms with Gasteiger partial charge in [0, 0.05) is 11.1 Å². The molecule has 1 aromatic carbocycles. The van der Waals surface area contributed by atoms with E-state index in [-0.39, 0.29) is 16.4 Å². The predicted octanol–water partition coefficient (Wildman–Crippen LogP) is 2.75. The van der Waals surface area contributed by atoms with Gasteiger partial charge < -0.3 is 10.5 Å². The average Bonchev–Trinajstić information content (AvgIpc) is 2.49. The topological polar surface area (TPSA) is 65.2 Å². The van der Waals surface area contributed by atoms with Crippen molar-refractivity contribution in [1.82, 2.24) is 4.98 Å². The Kier molecular flexibility index (Phi) is 3.92. The Morgan fingerprint density at radius 2 is 2.05 bits per heavy atom. The van der Waals surface area contributed by atoms with E-state index < -0.39 is 5.97 Å². The average molecular weight is 287 g/mol. The molecule has 0 radical (unpaired) electrons. The van der Waals surface area contributed by atoms with Crippen LogP contribution in [0.1, 0.15) is 16.1 Å². The van der Waals surface area contributed by atoms with Crippen LogP contribution in [-0.4, -0.2) is 18.1 Å². The molecule has 0 aliphatic heterocycles. The molecule has 0 amide bonds. The first-order valence-corrected chi connectivity index (χ1v) is 6.06. The highest BCUT2D eigenvalue weighted by Gasteiger charge is 2.17. The summed E-state index contributed by atoms with van der Waals surface area (Å²) in [4.78, 5) is 15.8. The third-order valence-corrected chi connectivity index (χ3v) is 3.11. The fourth-order valence-electron chi connectivity index (χ4n) is 1.67. The maximum Gasteiger partial charge on any atom is 0.358 e. The number of methoxy groups -OCH3 is 1. The molecule has 0 saturated heterocycles. The molecular formula is C15H11ClN2O2. The van der Waals surface area contributed by atoms with Crippen LogP contribution < -0.4 is 5.73 Å². The number of anilines is 1. The lowest BCUT2D eigenvalue weighted by Crippen LogP contribution is -2.08. The minimum Gasteiger partial charge on any atom is -0.464 e. The molecule has 2 N–H and O–H groups in total. The molecule has 4 nitrogen and oxygen atoms in total. The second-order valence-corrected chi connectivity index (χ2v) is 4.35. The summed E-state index contributed by atoms with van der Waals surface area (Å²) in [6.45, 7) is 0. The van der Waals surface area contributed by atoms with Gasteiger partial charge in [-0.25, -0.2) is 9.78 Å². The molecule has 0 fully saturated rings. The zero-order chi connectivity index (χ0) is 14.7. The second kappa shape index (κ2) is 5.64. The molecule has 0 saturated carbocycles. The fraction of sp³-hybridized carbons (Fsp3) is 0.0667. The quantitative estimate of drug-likeness (QED) is 0.681. The van der Waals surface area contributed by atoms with E-state index in [1.54, 1.807) is 30.3 Å². The molecule has 0 unspecified atom stereocenters. The lowest BCUT2D eigenvalue weighted by molar-refractivity contribution is 0.0594. The van der Waals surface area contributed by atoms with E-state index in [9.17, 15) is 4.79 Å². The summed E-state index contributed by atoms with van der Waals surface area (Å²) in [5.41, 5.74) is 8.10. The van der Waals surface area contributed by atoms with E-state index in [4.69, 9.17) is 23.8 Å². The third-order valence-electron chi connectivity index (χ3n) is 2.71. The number of esters is 1. The number of carbonyl (C=O) groups excluding carboxylic acids is 1. The molecule has 0 spiro atoms. The van der Waals surface area contributed by atoms with Crippen LogP contribution in [0.4, 0.5) is 5.69 Å². The Balaban J connectivity index is 2.54. The van der Waals surface area contributed by atoms with Crippen LogP contribution in [0.2, 0.25) is 5.02 Å². The maximum absolute atomic E-state index is 11.6. The van der Waals surface area contributed by atoms with E-state index in [1.165, 1.54) is 7.11 Å². The molecular weight excluding hydrogens is 276 g/mol. The van der Waals surface area contributed by atoms with Crippen molar-refractivity contribution in [1.29, 1.82) is 0 Å². The number of nitrogens with zero attached hydrogens (tertiary/aromatic N) is 1. The smallest absolute Gasteiger partial charge is 0.358 e. The molecule has 2 rings (SSSR count). The maximum atomic E-state index is 11.6. The fourth-order valence-corrected chi connectivity index (χ4v) is 1.84. The summed E-state index contributed by atoms with van der Waals surface area (Å²) in [5, 5.41) is 0.0841. The van der Waals surface area contributed by atoms with Gasteiger partial charge in [0.15, 0.2) is 5.69 Å². The van der Waals surface area contributed by atoms with Gasteiger partial charge in [-0.2, -0.15) is 0 Å². The molecule has 0 aliphatic carbocycles. The van der Waals surface area contributed by atoms with Crippen molar-refractivity contribution in [3.63, 3.8) is 0 Å². The van der Waals surface area contributed by atoms with E-state index in [0.29, 0.717) is 5.69 Å². The highest BCUT2D eigenvalue weighted by molar-refractivity contribution is 6.35. The number of rotatable bonds is 2. The number of carbonyl (C=O) groups is 1. The van der Waals surface area contributed by atoms with Gasteiger partial charge in [0.25, 0.3) is 0 Å². The zero-order valence-electron chi connectivity index (χ0n) is 10.7. The van der Waals surface area contributed by atoms with E-state index in [1.807, 2.05) is 0 Å². The van der Waals surface area contributed by atoms with Gasteiger partial charge in [0.05, 0.1) is 23.5 Å². The number of nitrogens with two attached hydrogens (primary N) is 1. The predicted molar refractivity (Wildman–Crippen MR) is 78.4 cm³/mol. The first kappa shape index (κ1) is 13.9. The standard InChI is InChI=1S/C15H11ClN2O2/c1-3-9-4-6-10(7-5-9)12-8-11(17)13(16)14(18-12)15(19)20-2/h1,4-8H,2H3,(H2,17,18). The van der Waals surface area contributed by atoms with Crippen LogP contribution in [0.3, 0.4) is 0 Å². The van der Waals surface area contributed by atoms with Gasteiger partial charge in [0.1, 0.15) is 0 Å². The summed E-state index contributed by atoms with van der Waals surface area (Å²) in [7, 11) is 1.25. The molecule has 1 heterocycles. The van der Waals surface area contributed by atoms with Gasteiger partial charge in [-0.15, -0.1) is 6.42 Å². The molecule has 0 atom stereocenters. The van der Waals surface area contributed by atoms with Crippen LogP contribution in [-0.2, 0) is 4.74 Å². The molecule has 0 aliphatic rings. The first-order valence-electron chi connectivity index (χ1n) is 5.68. The molecule has 20 heavy (non-hydrogen) atoms. The number of halogens is 1. The van der Waals surface area contributed by atoms with Gasteiger partial charge in [-0.1, -0.05) is 29.7 Å². The lowest BCUT2D eigenvalue weighted by Gasteiger charge is -2.08. The van der Waals surface area contributed by atoms with Crippen molar-refractivity contribution in [2.24, 2.45) is 0 Å². The van der Waals surface area contributed by atoms with Crippen molar-refractivity contribution < 1.29 is 9.53 Å². The number of aromatic nitrogens is 1. The van der Waals surface area contributed by atoms with Crippen LogP contribution in [0.25, 0.3) is 11.3 Å². The Labute approximate surface area is 121 Å². The SMILES string of the molecule is C#Cc1ccc(-c2cc(N)c(Cl)c(C(=O)OC)n2)cc1. The number of pyridine rings is 1. The van der Waals surface area contributed by atoms with Crippen LogP contribution in [0, 0.1) is 12.3 Å². The Morgan fingerprint density at radius 3 is 2.60 bits per heavy atom. The number of hydrogen-bond donors (Lipinski definition) is 1. The third kappa shape index (κ3) is 2.58. The monoisotopic (exact) mass is 286 g/mol. The van der Waals surface area contributed by atoms with Gasteiger partial charge in [-0.3, -0.25) is 0 Å². The number of hydrogen-bond acceptors (Lipinski definition) is 4. The number of terminal acetylenes is 1. The van der Waals surface area contributed by atoms with Gasteiger partial charge >= 0.3 is 5.97 Å².